The Balaban J connectivity index is 0.969. The van der Waals surface area contributed by atoms with Crippen LogP contribution < -0.4 is 14.7 Å². The molecule has 0 spiro atoms. The summed E-state index contributed by atoms with van der Waals surface area (Å²) in [4.78, 5) is 18.6. The van der Waals surface area contributed by atoms with Gasteiger partial charge in [0.25, 0.3) is 0 Å². The standard InChI is InChI=1S/C76H52N8/c1-7-25-53(26-8-1)79(54-27-9-2-10-28-54)59-44-47-71-66(49-59)63-38-20-22-40-68(63)82(71)74-52-75(83-69-41-23-21-39-64(69)67-50-60(45-48-72(67)83)80(55-29-11-3-12-30-55)56-31-13-4-14-32-56)78-76(77-74)84-70-42-24-19-37-62(70)65-46-43-61(51-73(65)84)81(57-33-15-5-16-34-57)58-35-17-6-18-36-58/h1-52H. The van der Waals surface area contributed by atoms with Crippen molar-refractivity contribution in [3.63, 3.8) is 0 Å². The van der Waals surface area contributed by atoms with Gasteiger partial charge in [-0.1, -0.05) is 170 Å². The molecule has 84 heavy (non-hydrogen) atoms. The fraction of sp³-hybridized carbons (Fsp3) is 0. The van der Waals surface area contributed by atoms with Crippen LogP contribution in [0, 0.1) is 0 Å². The summed E-state index contributed by atoms with van der Waals surface area (Å²) in [6.07, 6.45) is 0. The molecule has 0 aliphatic rings. The van der Waals surface area contributed by atoms with Crippen molar-refractivity contribution in [3.8, 4) is 17.6 Å². The minimum Gasteiger partial charge on any atom is -0.310 e. The maximum absolute atomic E-state index is 5.81. The van der Waals surface area contributed by atoms with Crippen molar-refractivity contribution in [1.82, 2.24) is 23.7 Å². The monoisotopic (exact) mass is 1080 g/mol. The van der Waals surface area contributed by atoms with Gasteiger partial charge in [-0.25, -0.2) is 0 Å². The molecule has 0 saturated carbocycles. The SMILES string of the molecule is c1ccc(N(c2ccccc2)c2ccc3c(c2)c2ccccc2n3-c2cc(-n3c4ccccc4c4cc(N(c5ccccc5)c5ccccc5)ccc43)nc(-n3c4ccccc4c4ccc(N(c5ccccc5)c5ccccc5)cc43)n2)cc1. The fourth-order valence-electron chi connectivity index (χ4n) is 12.6. The Labute approximate surface area is 485 Å². The van der Waals surface area contributed by atoms with Crippen LogP contribution in [-0.4, -0.2) is 23.7 Å². The number of benzene rings is 12. The Kier molecular flexibility index (Phi) is 11.7. The van der Waals surface area contributed by atoms with Gasteiger partial charge in [0, 0.05) is 89.6 Å². The molecule has 0 fully saturated rings. The van der Waals surface area contributed by atoms with E-state index in [1.54, 1.807) is 0 Å². The first-order valence-corrected chi connectivity index (χ1v) is 28.4. The molecule has 0 saturated heterocycles. The normalized spacial score (nSPS) is 11.6. The second kappa shape index (κ2) is 20.3. The smallest absolute Gasteiger partial charge is 0.238 e. The zero-order valence-corrected chi connectivity index (χ0v) is 45.6. The molecule has 396 valence electrons. The summed E-state index contributed by atoms with van der Waals surface area (Å²) in [7, 11) is 0. The molecule has 0 radical (unpaired) electrons. The van der Waals surface area contributed by atoms with Crippen LogP contribution in [0.2, 0.25) is 0 Å². The average Bonchev–Trinajstić information content (AvgIpc) is 4.16. The summed E-state index contributed by atoms with van der Waals surface area (Å²) in [5, 5.41) is 6.66. The summed E-state index contributed by atoms with van der Waals surface area (Å²) < 4.78 is 6.92. The highest BCUT2D eigenvalue weighted by Gasteiger charge is 2.25. The predicted octanol–water partition coefficient (Wildman–Crippen LogP) is 20.2. The molecular weight excluding hydrogens is 1020 g/mol. The fourth-order valence-corrected chi connectivity index (χ4v) is 12.6. The molecule has 8 heteroatoms. The highest BCUT2D eigenvalue weighted by Crippen LogP contribution is 2.44. The number of para-hydroxylation sites is 9. The highest BCUT2D eigenvalue weighted by atomic mass is 15.2. The van der Waals surface area contributed by atoms with Gasteiger partial charge in [0.15, 0.2) is 0 Å². The number of hydrogen-bond acceptors (Lipinski definition) is 5. The van der Waals surface area contributed by atoms with E-state index < -0.39 is 0 Å². The topological polar surface area (TPSA) is 50.3 Å². The maximum Gasteiger partial charge on any atom is 0.238 e. The summed E-state index contributed by atoms with van der Waals surface area (Å²) in [5.74, 6) is 2.01. The van der Waals surface area contributed by atoms with Crippen molar-refractivity contribution in [2.45, 2.75) is 0 Å². The van der Waals surface area contributed by atoms with E-state index in [-0.39, 0.29) is 0 Å². The van der Waals surface area contributed by atoms with E-state index in [4.69, 9.17) is 9.97 Å². The van der Waals surface area contributed by atoms with Crippen LogP contribution in [-0.2, 0) is 0 Å². The van der Waals surface area contributed by atoms with E-state index in [9.17, 15) is 0 Å². The van der Waals surface area contributed by atoms with E-state index in [0.29, 0.717) is 5.95 Å². The van der Waals surface area contributed by atoms with Crippen LogP contribution in [0.15, 0.2) is 315 Å². The third kappa shape index (κ3) is 8.15. The number of hydrogen-bond donors (Lipinski definition) is 0. The summed E-state index contributed by atoms with van der Waals surface area (Å²) in [6, 6.07) is 112. The van der Waals surface area contributed by atoms with Gasteiger partial charge < -0.3 is 14.7 Å². The molecule has 16 aromatic rings. The van der Waals surface area contributed by atoms with Gasteiger partial charge >= 0.3 is 0 Å². The number of aromatic nitrogens is 5. The lowest BCUT2D eigenvalue weighted by molar-refractivity contribution is 0.918. The van der Waals surface area contributed by atoms with Gasteiger partial charge in [-0.2, -0.15) is 9.97 Å². The molecule has 8 nitrogen and oxygen atoms in total. The zero-order valence-electron chi connectivity index (χ0n) is 45.6. The molecule has 4 heterocycles. The van der Waals surface area contributed by atoms with E-state index >= 15 is 0 Å². The lowest BCUT2D eigenvalue weighted by Gasteiger charge is -2.25. The number of nitrogens with zero attached hydrogens (tertiary/aromatic N) is 8. The Hall–Kier alpha value is -11.5. The van der Waals surface area contributed by atoms with E-state index in [0.717, 1.165) is 128 Å². The van der Waals surface area contributed by atoms with Gasteiger partial charge in [-0.05, 0) is 140 Å². The summed E-state index contributed by atoms with van der Waals surface area (Å²) in [6.45, 7) is 0. The molecule has 0 N–H and O–H groups in total. The first kappa shape index (κ1) is 48.4. The third-order valence-electron chi connectivity index (χ3n) is 16.2. The van der Waals surface area contributed by atoms with Crippen LogP contribution in [0.5, 0.6) is 0 Å². The van der Waals surface area contributed by atoms with Crippen LogP contribution in [0.1, 0.15) is 0 Å². The molecule has 0 unspecified atom stereocenters. The summed E-state index contributed by atoms with van der Waals surface area (Å²) >= 11 is 0. The number of rotatable bonds is 12. The van der Waals surface area contributed by atoms with Crippen LogP contribution in [0.3, 0.4) is 0 Å². The summed E-state index contributed by atoms with van der Waals surface area (Å²) in [5.41, 5.74) is 15.6. The maximum atomic E-state index is 5.81. The lowest BCUT2D eigenvalue weighted by atomic mass is 10.1. The molecule has 0 aliphatic heterocycles. The second-order valence-corrected chi connectivity index (χ2v) is 21.1. The first-order valence-electron chi connectivity index (χ1n) is 28.4. The number of anilines is 9. The van der Waals surface area contributed by atoms with E-state index in [1.165, 1.54) is 0 Å². The van der Waals surface area contributed by atoms with Crippen molar-refractivity contribution < 1.29 is 0 Å². The van der Waals surface area contributed by atoms with Gasteiger partial charge in [-0.3, -0.25) is 13.7 Å². The van der Waals surface area contributed by atoms with E-state index in [1.807, 2.05) is 0 Å². The lowest BCUT2D eigenvalue weighted by Crippen LogP contribution is -2.11. The molecule has 0 amide bonds. The van der Waals surface area contributed by atoms with Gasteiger partial charge in [0.05, 0.1) is 33.1 Å². The molecule has 0 aliphatic carbocycles. The van der Waals surface area contributed by atoms with Crippen LogP contribution in [0.25, 0.3) is 83.0 Å². The van der Waals surface area contributed by atoms with Crippen molar-refractivity contribution >= 4 is 117 Å². The van der Waals surface area contributed by atoms with Crippen molar-refractivity contribution in [2.75, 3.05) is 14.7 Å². The zero-order chi connectivity index (χ0) is 55.5. The van der Waals surface area contributed by atoms with Crippen LogP contribution >= 0.6 is 0 Å². The van der Waals surface area contributed by atoms with Crippen molar-refractivity contribution in [1.29, 1.82) is 0 Å². The Morgan fingerprint density at radius 2 is 0.464 bits per heavy atom. The molecule has 0 atom stereocenters. The second-order valence-electron chi connectivity index (χ2n) is 21.1. The molecule has 16 rings (SSSR count). The van der Waals surface area contributed by atoms with Gasteiger partial charge in [0.2, 0.25) is 5.95 Å². The molecule has 4 aromatic heterocycles. The Morgan fingerprint density at radius 3 is 0.833 bits per heavy atom. The average molecular weight is 1080 g/mol. The molecule has 12 aromatic carbocycles. The van der Waals surface area contributed by atoms with Crippen molar-refractivity contribution in [3.05, 3.63) is 315 Å². The highest BCUT2D eigenvalue weighted by molar-refractivity contribution is 6.13. The Bertz CT molecular complexity index is 4740. The molecule has 0 bridgehead atoms. The third-order valence-corrected chi connectivity index (χ3v) is 16.2. The predicted molar refractivity (Wildman–Crippen MR) is 349 cm³/mol. The van der Waals surface area contributed by atoms with Crippen LogP contribution in [0.4, 0.5) is 51.2 Å². The van der Waals surface area contributed by atoms with E-state index in [2.05, 4.69) is 344 Å². The quantitative estimate of drug-likeness (QED) is 0.122. The van der Waals surface area contributed by atoms with Gasteiger partial charge in [0.1, 0.15) is 11.6 Å². The minimum absolute atomic E-state index is 0.542. The Morgan fingerprint density at radius 1 is 0.190 bits per heavy atom. The minimum atomic E-state index is 0.542. The van der Waals surface area contributed by atoms with Gasteiger partial charge in [-0.15, -0.1) is 0 Å². The largest absolute Gasteiger partial charge is 0.310 e. The number of fused-ring (bicyclic) bond motifs is 9. The first-order chi connectivity index (χ1) is 41.7. The molecular formula is C76H52N8. The van der Waals surface area contributed by atoms with Crippen molar-refractivity contribution in [2.24, 2.45) is 0 Å².